The smallest absolute Gasteiger partial charge is 0.339 e. The molecule has 2 rings (SSSR count). The normalized spacial score (nSPS) is 12.5. The van der Waals surface area contributed by atoms with E-state index in [0.29, 0.717) is 5.56 Å². The molecule has 0 saturated carbocycles. The maximum absolute atomic E-state index is 12.7. The van der Waals surface area contributed by atoms with Crippen molar-refractivity contribution >= 4 is 17.7 Å². The quantitative estimate of drug-likeness (QED) is 0.590. The largest absolute Gasteiger partial charge is 0.452 e. The highest BCUT2D eigenvalue weighted by molar-refractivity contribution is 6.14. The summed E-state index contributed by atoms with van der Waals surface area (Å²) >= 11 is 0. The van der Waals surface area contributed by atoms with Crippen LogP contribution in [0.15, 0.2) is 54.6 Å². The van der Waals surface area contributed by atoms with Gasteiger partial charge < -0.3 is 10.1 Å². The van der Waals surface area contributed by atoms with Crippen molar-refractivity contribution in [3.63, 3.8) is 0 Å². The maximum Gasteiger partial charge on any atom is 0.339 e. The highest BCUT2D eigenvalue weighted by atomic mass is 16.5. The van der Waals surface area contributed by atoms with Crippen LogP contribution in [0.1, 0.15) is 47.1 Å². The van der Waals surface area contributed by atoms with Gasteiger partial charge in [-0.05, 0) is 18.9 Å². The van der Waals surface area contributed by atoms with E-state index in [1.165, 1.54) is 12.1 Å². The van der Waals surface area contributed by atoms with E-state index in [1.807, 2.05) is 0 Å². The lowest BCUT2D eigenvalue weighted by Gasteiger charge is -2.27. The molecular weight excluding hydrogens is 356 g/mol. The first kappa shape index (κ1) is 20.8. The second kappa shape index (κ2) is 8.96. The van der Waals surface area contributed by atoms with Gasteiger partial charge in [0.05, 0.1) is 11.6 Å². The molecular formula is C22H22N2O4. The van der Waals surface area contributed by atoms with Crippen molar-refractivity contribution in [2.75, 3.05) is 6.61 Å². The Morgan fingerprint density at radius 3 is 2.18 bits per heavy atom. The standard InChI is InChI=1S/C22H22N2O4/c1-15(2)22(3,14-23)24-19(25)13-28-21(27)18-12-8-7-11-17(18)20(26)16-9-5-4-6-10-16/h4-12,15H,13H2,1-3H3,(H,24,25)/t22-/m0/s1. The molecule has 1 amide bonds. The summed E-state index contributed by atoms with van der Waals surface area (Å²) in [6.45, 7) is 4.67. The Bertz CT molecular complexity index is 916. The number of carbonyl (C=O) groups excluding carboxylic acids is 3. The minimum atomic E-state index is -1.06. The Morgan fingerprint density at radius 2 is 1.61 bits per heavy atom. The second-order valence-corrected chi connectivity index (χ2v) is 6.83. The monoisotopic (exact) mass is 378 g/mol. The summed E-state index contributed by atoms with van der Waals surface area (Å²) in [5, 5.41) is 11.8. The predicted molar refractivity (Wildman–Crippen MR) is 104 cm³/mol. The van der Waals surface area contributed by atoms with Crippen molar-refractivity contribution in [1.82, 2.24) is 5.32 Å². The third-order valence-corrected chi connectivity index (χ3v) is 4.55. The van der Waals surface area contributed by atoms with Gasteiger partial charge in [0, 0.05) is 11.1 Å². The molecule has 0 aliphatic carbocycles. The summed E-state index contributed by atoms with van der Waals surface area (Å²) in [5.41, 5.74) is -0.341. The van der Waals surface area contributed by atoms with E-state index in [0.717, 1.165) is 0 Å². The van der Waals surface area contributed by atoms with Gasteiger partial charge in [-0.3, -0.25) is 9.59 Å². The zero-order valence-corrected chi connectivity index (χ0v) is 16.1. The first-order chi connectivity index (χ1) is 13.3. The van der Waals surface area contributed by atoms with Gasteiger partial charge in [0.15, 0.2) is 12.4 Å². The number of hydrogen-bond donors (Lipinski definition) is 1. The molecule has 0 aliphatic rings. The van der Waals surface area contributed by atoms with Crippen LogP contribution in [-0.2, 0) is 9.53 Å². The van der Waals surface area contributed by atoms with Crippen LogP contribution in [0, 0.1) is 17.2 Å². The number of amides is 1. The van der Waals surface area contributed by atoms with Crippen molar-refractivity contribution in [1.29, 1.82) is 5.26 Å². The van der Waals surface area contributed by atoms with E-state index in [4.69, 9.17) is 4.74 Å². The molecule has 2 aromatic carbocycles. The number of benzene rings is 2. The first-order valence-electron chi connectivity index (χ1n) is 8.86. The number of nitrogens with one attached hydrogen (secondary N) is 1. The van der Waals surface area contributed by atoms with Crippen molar-refractivity contribution < 1.29 is 19.1 Å². The number of nitrogens with zero attached hydrogens (tertiary/aromatic N) is 1. The summed E-state index contributed by atoms with van der Waals surface area (Å²) in [4.78, 5) is 37.2. The SMILES string of the molecule is CC(C)[C@](C)(C#N)NC(=O)COC(=O)c1ccccc1C(=O)c1ccccc1. The van der Waals surface area contributed by atoms with E-state index < -0.39 is 24.0 Å². The first-order valence-corrected chi connectivity index (χ1v) is 8.86. The maximum atomic E-state index is 12.7. The number of ether oxygens (including phenoxy) is 1. The summed E-state index contributed by atoms with van der Waals surface area (Å²) in [7, 11) is 0. The van der Waals surface area contributed by atoms with Gasteiger partial charge in [0.2, 0.25) is 0 Å². The fourth-order valence-corrected chi connectivity index (χ4v) is 2.44. The fourth-order valence-electron chi connectivity index (χ4n) is 2.44. The van der Waals surface area contributed by atoms with Gasteiger partial charge in [-0.25, -0.2) is 4.79 Å². The summed E-state index contributed by atoms with van der Waals surface area (Å²) in [6, 6.07) is 16.9. The van der Waals surface area contributed by atoms with E-state index in [9.17, 15) is 19.6 Å². The van der Waals surface area contributed by atoms with Crippen LogP contribution in [0.5, 0.6) is 0 Å². The van der Waals surface area contributed by atoms with Crippen molar-refractivity contribution in [3.05, 3.63) is 71.3 Å². The van der Waals surface area contributed by atoms with Gasteiger partial charge in [0.25, 0.3) is 5.91 Å². The molecule has 0 saturated heterocycles. The third kappa shape index (κ3) is 4.83. The van der Waals surface area contributed by atoms with Gasteiger partial charge in [-0.1, -0.05) is 62.4 Å². The van der Waals surface area contributed by atoms with Crippen LogP contribution in [0.2, 0.25) is 0 Å². The van der Waals surface area contributed by atoms with Crippen LogP contribution in [0.3, 0.4) is 0 Å². The van der Waals surface area contributed by atoms with Gasteiger partial charge in [-0.2, -0.15) is 5.26 Å². The Labute approximate surface area is 164 Å². The third-order valence-electron chi connectivity index (χ3n) is 4.55. The molecule has 6 nitrogen and oxygen atoms in total. The number of rotatable bonds is 7. The van der Waals surface area contributed by atoms with Crippen LogP contribution in [0.25, 0.3) is 0 Å². The highest BCUT2D eigenvalue weighted by Gasteiger charge is 2.30. The molecule has 1 atom stereocenters. The molecule has 0 unspecified atom stereocenters. The lowest BCUT2D eigenvalue weighted by molar-refractivity contribution is -0.125. The average Bonchev–Trinajstić information content (AvgIpc) is 2.71. The lowest BCUT2D eigenvalue weighted by atomic mass is 9.90. The zero-order chi connectivity index (χ0) is 20.7. The van der Waals surface area contributed by atoms with Crippen molar-refractivity contribution in [2.24, 2.45) is 5.92 Å². The zero-order valence-electron chi connectivity index (χ0n) is 16.1. The molecule has 0 bridgehead atoms. The van der Waals surface area contributed by atoms with Crippen LogP contribution < -0.4 is 5.32 Å². The molecule has 0 aliphatic heterocycles. The van der Waals surface area contributed by atoms with Crippen LogP contribution >= 0.6 is 0 Å². The van der Waals surface area contributed by atoms with E-state index >= 15 is 0 Å². The molecule has 28 heavy (non-hydrogen) atoms. The number of esters is 1. The van der Waals surface area contributed by atoms with E-state index in [2.05, 4.69) is 11.4 Å². The summed E-state index contributed by atoms with van der Waals surface area (Å²) in [5.74, 6) is -1.80. The van der Waals surface area contributed by atoms with Gasteiger partial charge in [0.1, 0.15) is 5.54 Å². The van der Waals surface area contributed by atoms with Gasteiger partial charge in [-0.15, -0.1) is 0 Å². The minimum Gasteiger partial charge on any atom is -0.452 e. The van der Waals surface area contributed by atoms with Crippen LogP contribution in [-0.4, -0.2) is 29.8 Å². The fraction of sp³-hybridized carbons (Fsp3) is 0.273. The van der Waals surface area contributed by atoms with Gasteiger partial charge >= 0.3 is 5.97 Å². The lowest BCUT2D eigenvalue weighted by Crippen LogP contribution is -2.50. The van der Waals surface area contributed by atoms with Crippen molar-refractivity contribution in [2.45, 2.75) is 26.3 Å². The minimum absolute atomic E-state index is 0.0797. The molecule has 0 aromatic heterocycles. The molecule has 1 N–H and O–H groups in total. The molecule has 144 valence electrons. The summed E-state index contributed by atoms with van der Waals surface area (Å²) < 4.78 is 5.07. The molecule has 0 spiro atoms. The topological polar surface area (TPSA) is 96.3 Å². The number of nitriles is 1. The van der Waals surface area contributed by atoms with Crippen LogP contribution in [0.4, 0.5) is 0 Å². The Kier molecular flexibility index (Phi) is 6.67. The Hall–Kier alpha value is -3.46. The molecule has 0 heterocycles. The highest BCUT2D eigenvalue weighted by Crippen LogP contribution is 2.17. The van der Waals surface area contributed by atoms with E-state index in [1.54, 1.807) is 63.2 Å². The number of carbonyl (C=O) groups is 3. The number of hydrogen-bond acceptors (Lipinski definition) is 5. The predicted octanol–water partition coefficient (Wildman–Crippen LogP) is 3.13. The Morgan fingerprint density at radius 1 is 1.04 bits per heavy atom. The summed E-state index contributed by atoms with van der Waals surface area (Å²) in [6.07, 6.45) is 0. The molecule has 0 radical (unpaired) electrons. The van der Waals surface area contributed by atoms with E-state index in [-0.39, 0.29) is 22.8 Å². The molecule has 2 aromatic rings. The molecule has 0 fully saturated rings. The van der Waals surface area contributed by atoms with Crippen molar-refractivity contribution in [3.8, 4) is 6.07 Å². The molecule has 6 heteroatoms. The number of ketones is 1. The second-order valence-electron chi connectivity index (χ2n) is 6.83. The Balaban J connectivity index is 2.11. The average molecular weight is 378 g/mol.